The Morgan fingerprint density at radius 3 is 2.33 bits per heavy atom. The van der Waals surface area contributed by atoms with Crippen LogP contribution >= 0.6 is 0 Å². The van der Waals surface area contributed by atoms with Gasteiger partial charge in [-0.25, -0.2) is 22.5 Å². The molecule has 0 aliphatic carbocycles. The number of aliphatic hydroxyl groups is 1. The molecule has 1 unspecified atom stereocenters. The van der Waals surface area contributed by atoms with Gasteiger partial charge in [-0.3, -0.25) is 0 Å². The lowest BCUT2D eigenvalue weighted by Crippen LogP contribution is -2.37. The first-order chi connectivity index (χ1) is 12.5. The second-order valence-electron chi connectivity index (χ2n) is 7.30. The van der Waals surface area contributed by atoms with E-state index in [1.54, 1.807) is 0 Å². The predicted octanol–water partition coefficient (Wildman–Crippen LogP) is 3.46. The second-order valence-corrected chi connectivity index (χ2v) is 7.30. The third-order valence-corrected chi connectivity index (χ3v) is 4.63. The van der Waals surface area contributed by atoms with E-state index >= 15 is 4.39 Å². The largest absolute Gasteiger partial charge is 0.386 e. The van der Waals surface area contributed by atoms with E-state index in [1.807, 2.05) is 0 Å². The van der Waals surface area contributed by atoms with Crippen LogP contribution in [0.15, 0.2) is 30.3 Å². The van der Waals surface area contributed by atoms with Gasteiger partial charge in [0.25, 0.3) is 5.92 Å². The van der Waals surface area contributed by atoms with E-state index in [4.69, 9.17) is 10.5 Å². The summed E-state index contributed by atoms with van der Waals surface area (Å²) in [6.45, 7) is 1.61. The summed E-state index contributed by atoms with van der Waals surface area (Å²) in [6, 6.07) is 6.10. The molecular weight excluding hydrogens is 364 g/mol. The molecule has 146 valence electrons. The molecule has 1 atom stereocenters. The standard InChI is InChI=1S/C19H20F4N2O2/c1-17(2,26)13-7-14(18(9-24)8-19(22,23)10-27-18)25-16(15(13)21)11-3-5-12(20)6-4-11/h3-7,26H,8-10,24H2,1-2H3. The van der Waals surface area contributed by atoms with Crippen LogP contribution in [0, 0.1) is 11.6 Å². The van der Waals surface area contributed by atoms with Crippen LogP contribution in [0.4, 0.5) is 17.6 Å². The SMILES string of the molecule is CC(C)(O)c1cc(C2(CN)CC(F)(F)CO2)nc(-c2ccc(F)cc2)c1F. The van der Waals surface area contributed by atoms with E-state index in [0.717, 1.165) is 12.1 Å². The maximum atomic E-state index is 15.1. The van der Waals surface area contributed by atoms with Crippen molar-refractivity contribution >= 4 is 0 Å². The molecule has 0 radical (unpaired) electrons. The zero-order valence-corrected chi connectivity index (χ0v) is 14.9. The molecular formula is C19H20F4N2O2. The molecule has 3 rings (SSSR count). The molecule has 0 saturated carbocycles. The normalized spacial score (nSPS) is 22.2. The van der Waals surface area contributed by atoms with Gasteiger partial charge in [0, 0.05) is 24.1 Å². The van der Waals surface area contributed by atoms with Crippen molar-refractivity contribution in [2.75, 3.05) is 13.2 Å². The number of alkyl halides is 2. The van der Waals surface area contributed by atoms with Crippen LogP contribution in [0.3, 0.4) is 0 Å². The van der Waals surface area contributed by atoms with Gasteiger partial charge in [0.15, 0.2) is 5.82 Å². The Morgan fingerprint density at radius 1 is 1.22 bits per heavy atom. The van der Waals surface area contributed by atoms with Crippen LogP contribution in [0.2, 0.25) is 0 Å². The third kappa shape index (κ3) is 3.69. The van der Waals surface area contributed by atoms with E-state index in [-0.39, 0.29) is 29.1 Å². The molecule has 2 heterocycles. The number of nitrogens with zero attached hydrogens (tertiary/aromatic N) is 1. The molecule has 1 fully saturated rings. The highest BCUT2D eigenvalue weighted by Crippen LogP contribution is 2.44. The Labute approximate surface area is 154 Å². The molecule has 2 aromatic rings. The Bertz CT molecular complexity index is 850. The number of halogens is 4. The van der Waals surface area contributed by atoms with E-state index in [0.29, 0.717) is 0 Å². The maximum absolute atomic E-state index is 15.1. The lowest BCUT2D eigenvalue weighted by Gasteiger charge is -2.29. The summed E-state index contributed by atoms with van der Waals surface area (Å²) >= 11 is 0. The van der Waals surface area contributed by atoms with Crippen molar-refractivity contribution in [3.63, 3.8) is 0 Å². The topological polar surface area (TPSA) is 68.4 Å². The second kappa shape index (κ2) is 6.54. The lowest BCUT2D eigenvalue weighted by molar-refractivity contribution is -0.0246. The van der Waals surface area contributed by atoms with Gasteiger partial charge in [-0.2, -0.15) is 0 Å². The van der Waals surface area contributed by atoms with Gasteiger partial charge in [0.1, 0.15) is 23.7 Å². The van der Waals surface area contributed by atoms with Crippen LogP contribution in [0.5, 0.6) is 0 Å². The van der Waals surface area contributed by atoms with E-state index in [9.17, 15) is 18.3 Å². The monoisotopic (exact) mass is 384 g/mol. The van der Waals surface area contributed by atoms with Crippen LogP contribution in [0.25, 0.3) is 11.3 Å². The number of nitrogens with two attached hydrogens (primary N) is 1. The van der Waals surface area contributed by atoms with Gasteiger partial charge in [0.05, 0.1) is 11.3 Å². The summed E-state index contributed by atoms with van der Waals surface area (Å²) in [5.74, 6) is -4.44. The Kier molecular flexibility index (Phi) is 4.78. The molecule has 3 N–H and O–H groups in total. The Morgan fingerprint density at radius 2 is 1.85 bits per heavy atom. The minimum Gasteiger partial charge on any atom is -0.386 e. The van der Waals surface area contributed by atoms with Crippen LogP contribution in [-0.4, -0.2) is 29.2 Å². The van der Waals surface area contributed by atoms with Crippen molar-refractivity contribution in [1.29, 1.82) is 0 Å². The molecule has 0 amide bonds. The van der Waals surface area contributed by atoms with Gasteiger partial charge in [-0.1, -0.05) is 0 Å². The summed E-state index contributed by atoms with van der Waals surface area (Å²) in [5, 5.41) is 10.4. The smallest absolute Gasteiger partial charge is 0.274 e. The Hall–Kier alpha value is -2.03. The molecule has 1 aromatic carbocycles. The van der Waals surface area contributed by atoms with Gasteiger partial charge >= 0.3 is 0 Å². The van der Waals surface area contributed by atoms with Gasteiger partial charge in [-0.15, -0.1) is 0 Å². The Balaban J connectivity index is 2.23. The number of benzene rings is 1. The van der Waals surface area contributed by atoms with Crippen molar-refractivity contribution < 1.29 is 27.4 Å². The first-order valence-corrected chi connectivity index (χ1v) is 8.39. The molecule has 0 spiro atoms. The first kappa shape index (κ1) is 19.7. The van der Waals surface area contributed by atoms with Gasteiger partial charge in [-0.05, 0) is 44.2 Å². The van der Waals surface area contributed by atoms with Crippen molar-refractivity contribution in [2.45, 2.75) is 37.4 Å². The zero-order chi connectivity index (χ0) is 20.0. The minimum absolute atomic E-state index is 0.0000231. The zero-order valence-electron chi connectivity index (χ0n) is 14.9. The summed E-state index contributed by atoms with van der Waals surface area (Å²) < 4.78 is 61.2. The summed E-state index contributed by atoms with van der Waals surface area (Å²) in [5.41, 5.74) is 2.40. The average Bonchev–Trinajstić information content (AvgIpc) is 2.91. The number of ether oxygens (including phenoxy) is 1. The molecule has 8 heteroatoms. The van der Waals surface area contributed by atoms with E-state index < -0.39 is 41.8 Å². The fourth-order valence-electron chi connectivity index (χ4n) is 3.17. The number of pyridine rings is 1. The maximum Gasteiger partial charge on any atom is 0.274 e. The van der Waals surface area contributed by atoms with E-state index in [1.165, 1.54) is 32.0 Å². The number of hydrogen-bond acceptors (Lipinski definition) is 4. The quantitative estimate of drug-likeness (QED) is 0.793. The molecule has 1 aliphatic rings. The van der Waals surface area contributed by atoms with Crippen molar-refractivity contribution in [1.82, 2.24) is 4.98 Å². The van der Waals surface area contributed by atoms with Crippen molar-refractivity contribution in [3.05, 3.63) is 53.2 Å². The predicted molar refractivity (Wildman–Crippen MR) is 91.1 cm³/mol. The highest BCUT2D eigenvalue weighted by molar-refractivity contribution is 5.62. The third-order valence-electron chi connectivity index (χ3n) is 4.63. The number of aromatic nitrogens is 1. The van der Waals surface area contributed by atoms with Crippen LogP contribution in [-0.2, 0) is 15.9 Å². The molecule has 0 bridgehead atoms. The summed E-state index contributed by atoms with van der Waals surface area (Å²) in [4.78, 5) is 4.19. The van der Waals surface area contributed by atoms with Gasteiger partial charge in [0.2, 0.25) is 0 Å². The minimum atomic E-state index is -3.10. The van der Waals surface area contributed by atoms with Crippen molar-refractivity contribution in [2.24, 2.45) is 5.73 Å². The average molecular weight is 384 g/mol. The molecule has 1 saturated heterocycles. The molecule has 27 heavy (non-hydrogen) atoms. The fourth-order valence-corrected chi connectivity index (χ4v) is 3.17. The molecule has 1 aliphatic heterocycles. The van der Waals surface area contributed by atoms with Gasteiger partial charge < -0.3 is 15.6 Å². The summed E-state index contributed by atoms with van der Waals surface area (Å²) in [6.07, 6.45) is -0.705. The van der Waals surface area contributed by atoms with Crippen LogP contribution in [0.1, 0.15) is 31.5 Å². The first-order valence-electron chi connectivity index (χ1n) is 8.39. The molecule has 1 aromatic heterocycles. The van der Waals surface area contributed by atoms with E-state index in [2.05, 4.69) is 4.98 Å². The highest BCUT2D eigenvalue weighted by Gasteiger charge is 2.52. The number of rotatable bonds is 4. The molecule has 4 nitrogen and oxygen atoms in total. The van der Waals surface area contributed by atoms with Crippen LogP contribution < -0.4 is 5.73 Å². The summed E-state index contributed by atoms with van der Waals surface area (Å²) in [7, 11) is 0. The van der Waals surface area contributed by atoms with Crippen molar-refractivity contribution in [3.8, 4) is 11.3 Å². The highest BCUT2D eigenvalue weighted by atomic mass is 19.3. The fraction of sp³-hybridized carbons (Fsp3) is 0.421. The number of hydrogen-bond donors (Lipinski definition) is 2. The lowest BCUT2D eigenvalue weighted by atomic mass is 9.88.